The number of carbonyl (C=O) groups is 2. The van der Waals surface area contributed by atoms with Gasteiger partial charge in [0.05, 0.1) is 13.2 Å². The van der Waals surface area contributed by atoms with Crippen molar-refractivity contribution in [3.05, 3.63) is 42.5 Å². The van der Waals surface area contributed by atoms with Crippen LogP contribution in [-0.4, -0.2) is 53.8 Å². The molecule has 1 aliphatic heterocycles. The molecule has 0 aromatic heterocycles. The van der Waals surface area contributed by atoms with Gasteiger partial charge in [-0.2, -0.15) is 0 Å². The molecule has 1 aliphatic rings. The molecule has 2 unspecified atom stereocenters. The largest absolute Gasteiger partial charge is 0.480 e. The molecule has 1 saturated heterocycles. The van der Waals surface area contributed by atoms with Crippen LogP contribution in [0.25, 0.3) is 10.8 Å². The Morgan fingerprint density at radius 1 is 1.25 bits per heavy atom. The van der Waals surface area contributed by atoms with Crippen LogP contribution in [0, 0.1) is 0 Å². The van der Waals surface area contributed by atoms with Gasteiger partial charge < -0.3 is 19.5 Å². The lowest BCUT2D eigenvalue weighted by Gasteiger charge is -2.34. The molecule has 0 bridgehead atoms. The Labute approximate surface area is 139 Å². The van der Waals surface area contributed by atoms with Crippen LogP contribution >= 0.6 is 0 Å². The molecule has 6 nitrogen and oxygen atoms in total. The number of hydrogen-bond donors (Lipinski definition) is 1. The Morgan fingerprint density at radius 3 is 2.79 bits per heavy atom. The Bertz CT molecular complexity index is 755. The van der Waals surface area contributed by atoms with Crippen LogP contribution < -0.4 is 4.74 Å². The summed E-state index contributed by atoms with van der Waals surface area (Å²) >= 11 is 0. The second kappa shape index (κ2) is 6.88. The molecule has 2 aromatic carbocycles. The molecule has 126 valence electrons. The fraction of sp³-hybridized carbons (Fsp3) is 0.333. The van der Waals surface area contributed by atoms with Gasteiger partial charge in [-0.1, -0.05) is 36.4 Å². The molecule has 2 aromatic rings. The number of benzene rings is 2. The Hall–Kier alpha value is -2.60. The number of ether oxygens (including phenoxy) is 2. The summed E-state index contributed by atoms with van der Waals surface area (Å²) in [5.41, 5.74) is 0. The Kier molecular flexibility index (Phi) is 4.66. The van der Waals surface area contributed by atoms with Crippen LogP contribution in [0.5, 0.6) is 5.75 Å². The fourth-order valence-corrected chi connectivity index (χ4v) is 2.84. The predicted octanol–water partition coefficient (Wildman–Crippen LogP) is 1.92. The van der Waals surface area contributed by atoms with Gasteiger partial charge in [0.1, 0.15) is 5.75 Å². The average Bonchev–Trinajstić information content (AvgIpc) is 2.61. The number of amides is 1. The quantitative estimate of drug-likeness (QED) is 0.927. The van der Waals surface area contributed by atoms with Crippen molar-refractivity contribution in [2.75, 3.05) is 19.8 Å². The van der Waals surface area contributed by atoms with Crippen molar-refractivity contribution in [3.63, 3.8) is 0 Å². The average molecular weight is 329 g/mol. The van der Waals surface area contributed by atoms with Gasteiger partial charge in [-0.15, -0.1) is 0 Å². The van der Waals surface area contributed by atoms with Crippen molar-refractivity contribution in [1.29, 1.82) is 0 Å². The van der Waals surface area contributed by atoms with E-state index in [-0.39, 0.29) is 19.1 Å². The number of hydrogen-bond acceptors (Lipinski definition) is 4. The minimum atomic E-state index is -1.07. The number of carbonyl (C=O) groups excluding carboxylic acids is 1. The molecule has 1 N–H and O–H groups in total. The van der Waals surface area contributed by atoms with Crippen molar-refractivity contribution in [2.24, 2.45) is 0 Å². The number of carboxylic acids is 1. The lowest BCUT2D eigenvalue weighted by Crippen LogP contribution is -2.55. The zero-order valence-corrected chi connectivity index (χ0v) is 13.3. The number of rotatable bonds is 4. The molecule has 0 spiro atoms. The minimum absolute atomic E-state index is 0.00204. The summed E-state index contributed by atoms with van der Waals surface area (Å²) in [6.45, 7) is 2.22. The second-order valence-corrected chi connectivity index (χ2v) is 5.70. The van der Waals surface area contributed by atoms with Gasteiger partial charge in [0.2, 0.25) is 0 Å². The van der Waals surface area contributed by atoms with E-state index in [4.69, 9.17) is 9.47 Å². The topological polar surface area (TPSA) is 76.1 Å². The molecule has 1 heterocycles. The summed E-state index contributed by atoms with van der Waals surface area (Å²) in [5, 5.41) is 11.2. The van der Waals surface area contributed by atoms with E-state index in [2.05, 4.69) is 0 Å². The highest BCUT2D eigenvalue weighted by Crippen LogP contribution is 2.26. The zero-order chi connectivity index (χ0) is 17.1. The number of carboxylic acid groups (broad SMARTS) is 1. The maximum absolute atomic E-state index is 12.6. The van der Waals surface area contributed by atoms with E-state index in [1.165, 1.54) is 4.90 Å². The molecule has 1 fully saturated rings. The SMILES string of the molecule is CC(Oc1cccc2ccccc12)C(=O)N1CCOCC1C(=O)O. The van der Waals surface area contributed by atoms with Crippen LogP contribution in [0.15, 0.2) is 42.5 Å². The molecular weight excluding hydrogens is 310 g/mol. The first-order valence-electron chi connectivity index (χ1n) is 7.83. The second-order valence-electron chi connectivity index (χ2n) is 5.70. The van der Waals surface area contributed by atoms with Crippen LogP contribution in [0.1, 0.15) is 6.92 Å². The normalized spacial score (nSPS) is 19.0. The van der Waals surface area contributed by atoms with Crippen molar-refractivity contribution < 1.29 is 24.2 Å². The first kappa shape index (κ1) is 16.3. The van der Waals surface area contributed by atoms with E-state index >= 15 is 0 Å². The third kappa shape index (κ3) is 3.19. The predicted molar refractivity (Wildman–Crippen MR) is 88.0 cm³/mol. The van der Waals surface area contributed by atoms with E-state index in [1.54, 1.807) is 13.0 Å². The van der Waals surface area contributed by atoms with Crippen LogP contribution in [0.2, 0.25) is 0 Å². The first-order chi connectivity index (χ1) is 11.6. The third-order valence-corrected chi connectivity index (χ3v) is 4.10. The number of fused-ring (bicyclic) bond motifs is 1. The van der Waals surface area contributed by atoms with Gasteiger partial charge in [0.15, 0.2) is 12.1 Å². The van der Waals surface area contributed by atoms with Gasteiger partial charge in [-0.05, 0) is 18.4 Å². The smallest absolute Gasteiger partial charge is 0.328 e. The van der Waals surface area contributed by atoms with Crippen LogP contribution in [0.3, 0.4) is 0 Å². The van der Waals surface area contributed by atoms with E-state index < -0.39 is 18.1 Å². The van der Waals surface area contributed by atoms with Gasteiger partial charge in [-0.25, -0.2) is 4.79 Å². The standard InChI is InChI=1S/C18H19NO5/c1-12(17(20)19-9-10-23-11-15(19)18(21)22)24-16-8-4-6-13-5-2-3-7-14(13)16/h2-8,12,15H,9-11H2,1H3,(H,21,22). The minimum Gasteiger partial charge on any atom is -0.480 e. The van der Waals surface area contributed by atoms with Crippen molar-refractivity contribution in [2.45, 2.75) is 19.1 Å². The maximum Gasteiger partial charge on any atom is 0.328 e. The number of morpholine rings is 1. The zero-order valence-electron chi connectivity index (χ0n) is 13.3. The molecular formula is C18H19NO5. The summed E-state index contributed by atoms with van der Waals surface area (Å²) in [7, 11) is 0. The van der Waals surface area contributed by atoms with Gasteiger partial charge >= 0.3 is 5.97 Å². The molecule has 0 saturated carbocycles. The molecule has 0 aliphatic carbocycles. The van der Waals surface area contributed by atoms with Crippen molar-refractivity contribution in [3.8, 4) is 5.75 Å². The maximum atomic E-state index is 12.6. The van der Waals surface area contributed by atoms with E-state index in [9.17, 15) is 14.7 Å². The monoisotopic (exact) mass is 329 g/mol. The lowest BCUT2D eigenvalue weighted by molar-refractivity contribution is -0.161. The molecule has 6 heteroatoms. The number of aliphatic carboxylic acids is 1. The summed E-state index contributed by atoms with van der Waals surface area (Å²) in [4.78, 5) is 25.3. The van der Waals surface area contributed by atoms with E-state index in [1.807, 2.05) is 36.4 Å². The molecule has 0 radical (unpaired) electrons. The fourth-order valence-electron chi connectivity index (χ4n) is 2.84. The van der Waals surface area contributed by atoms with Gasteiger partial charge in [-0.3, -0.25) is 4.79 Å². The molecule has 2 atom stereocenters. The summed E-state index contributed by atoms with van der Waals surface area (Å²) in [5.74, 6) is -0.812. The lowest BCUT2D eigenvalue weighted by atomic mass is 10.1. The Morgan fingerprint density at radius 2 is 2.00 bits per heavy atom. The highest BCUT2D eigenvalue weighted by Gasteiger charge is 2.35. The van der Waals surface area contributed by atoms with Crippen LogP contribution in [0.4, 0.5) is 0 Å². The first-order valence-corrected chi connectivity index (χ1v) is 7.83. The molecule has 24 heavy (non-hydrogen) atoms. The molecule has 3 rings (SSSR count). The Balaban J connectivity index is 1.79. The number of nitrogens with zero attached hydrogens (tertiary/aromatic N) is 1. The van der Waals surface area contributed by atoms with Gasteiger partial charge in [0, 0.05) is 11.9 Å². The van der Waals surface area contributed by atoms with E-state index in [0.29, 0.717) is 12.4 Å². The highest BCUT2D eigenvalue weighted by molar-refractivity contribution is 5.90. The molecule has 1 amide bonds. The van der Waals surface area contributed by atoms with Crippen molar-refractivity contribution in [1.82, 2.24) is 4.90 Å². The van der Waals surface area contributed by atoms with E-state index in [0.717, 1.165) is 10.8 Å². The van der Waals surface area contributed by atoms with Gasteiger partial charge in [0.25, 0.3) is 5.91 Å². The highest BCUT2D eigenvalue weighted by atomic mass is 16.5. The summed E-state index contributed by atoms with van der Waals surface area (Å²) < 4.78 is 11.0. The van der Waals surface area contributed by atoms with Crippen molar-refractivity contribution >= 4 is 22.6 Å². The third-order valence-electron chi connectivity index (χ3n) is 4.10. The summed E-state index contributed by atoms with van der Waals surface area (Å²) in [6.07, 6.45) is -0.782. The van der Waals surface area contributed by atoms with Crippen LogP contribution in [-0.2, 0) is 14.3 Å². The summed E-state index contributed by atoms with van der Waals surface area (Å²) in [6, 6.07) is 12.4.